The third kappa shape index (κ3) is 4.34. The Kier molecular flexibility index (Phi) is 6.00. The molecule has 2 aromatic carbocycles. The molecular weight excluding hydrogens is 384 g/mol. The molecule has 0 saturated heterocycles. The van der Waals surface area contributed by atoms with Crippen LogP contribution in [-0.2, 0) is 6.42 Å². The third-order valence-corrected chi connectivity index (χ3v) is 4.32. The molecule has 0 aliphatic carbocycles. The van der Waals surface area contributed by atoms with Gasteiger partial charge in [0.15, 0.2) is 0 Å². The Labute approximate surface area is 166 Å². The fourth-order valence-electron chi connectivity index (χ4n) is 2.55. The normalized spacial score (nSPS) is 10.4. The second-order valence-electron chi connectivity index (χ2n) is 5.79. The summed E-state index contributed by atoms with van der Waals surface area (Å²) < 4.78 is 15.6. The van der Waals surface area contributed by atoms with E-state index in [0.29, 0.717) is 34.3 Å². The molecule has 0 amide bonds. The summed E-state index contributed by atoms with van der Waals surface area (Å²) in [7, 11) is 4.62. The summed E-state index contributed by atoms with van der Waals surface area (Å²) in [6, 6.07) is 10.6. The fraction of sp³-hybridized carbons (Fsp3) is 0.211. The van der Waals surface area contributed by atoms with Crippen LogP contribution < -0.4 is 25.1 Å². The molecule has 0 atom stereocenters. The minimum absolute atomic E-state index is 0.172. The van der Waals surface area contributed by atoms with Gasteiger partial charge in [0, 0.05) is 18.6 Å². The number of ether oxygens (including phenoxy) is 3. The summed E-state index contributed by atoms with van der Waals surface area (Å²) in [4.78, 5) is 15.1. The van der Waals surface area contributed by atoms with E-state index in [2.05, 4.69) is 20.5 Å². The summed E-state index contributed by atoms with van der Waals surface area (Å²) >= 11 is 6.10. The SMILES string of the molecule is COc1ccc(Cc2nnc(Nc3cc(OC)c(Cl)cc3OC)[nH]c2=O)cc1. The van der Waals surface area contributed by atoms with Gasteiger partial charge in [-0.25, -0.2) is 0 Å². The van der Waals surface area contributed by atoms with Crippen LogP contribution >= 0.6 is 11.6 Å². The van der Waals surface area contributed by atoms with E-state index in [-0.39, 0.29) is 11.5 Å². The lowest BCUT2D eigenvalue weighted by Crippen LogP contribution is -2.19. The third-order valence-electron chi connectivity index (χ3n) is 4.02. The van der Waals surface area contributed by atoms with Crippen LogP contribution in [0.25, 0.3) is 0 Å². The lowest BCUT2D eigenvalue weighted by Gasteiger charge is -2.13. The van der Waals surface area contributed by atoms with E-state index in [9.17, 15) is 4.79 Å². The standard InChI is InChI=1S/C19H19ClN4O4/c1-26-12-6-4-11(5-7-12)8-15-18(25)22-19(24-23-15)21-14-10-16(27-2)13(20)9-17(14)28-3/h4-7,9-10H,8H2,1-3H3,(H2,21,22,24,25). The van der Waals surface area contributed by atoms with Gasteiger partial charge >= 0.3 is 0 Å². The number of H-pyrrole nitrogens is 1. The molecule has 1 aromatic heterocycles. The first-order valence-corrected chi connectivity index (χ1v) is 8.69. The summed E-state index contributed by atoms with van der Waals surface area (Å²) in [5.41, 5.74) is 1.41. The van der Waals surface area contributed by atoms with Gasteiger partial charge in [-0.05, 0) is 17.7 Å². The average Bonchev–Trinajstić information content (AvgIpc) is 2.71. The number of nitrogens with one attached hydrogen (secondary N) is 2. The molecule has 2 N–H and O–H groups in total. The van der Waals surface area contributed by atoms with E-state index in [4.69, 9.17) is 25.8 Å². The summed E-state index contributed by atoms with van der Waals surface area (Å²) in [5, 5.41) is 11.5. The number of aromatic nitrogens is 3. The van der Waals surface area contributed by atoms with Crippen molar-refractivity contribution in [2.45, 2.75) is 6.42 Å². The van der Waals surface area contributed by atoms with E-state index in [1.54, 1.807) is 19.2 Å². The second kappa shape index (κ2) is 8.62. The van der Waals surface area contributed by atoms with Gasteiger partial charge in [0.2, 0.25) is 5.95 Å². The van der Waals surface area contributed by atoms with Crippen LogP contribution in [-0.4, -0.2) is 36.5 Å². The number of methoxy groups -OCH3 is 3. The van der Waals surface area contributed by atoms with E-state index in [1.165, 1.54) is 14.2 Å². The molecule has 0 aliphatic rings. The number of nitrogens with zero attached hydrogens (tertiary/aromatic N) is 2. The Hall–Kier alpha value is -3.26. The molecule has 0 bridgehead atoms. The first kappa shape index (κ1) is 19.5. The van der Waals surface area contributed by atoms with Gasteiger partial charge < -0.3 is 19.5 Å². The second-order valence-corrected chi connectivity index (χ2v) is 6.19. The van der Waals surface area contributed by atoms with E-state index in [0.717, 1.165) is 11.3 Å². The van der Waals surface area contributed by atoms with Crippen molar-refractivity contribution in [3.05, 3.63) is 63.0 Å². The van der Waals surface area contributed by atoms with Gasteiger partial charge in [-0.15, -0.1) is 10.2 Å². The molecule has 146 valence electrons. The highest BCUT2D eigenvalue weighted by atomic mass is 35.5. The Balaban J connectivity index is 1.81. The molecule has 0 unspecified atom stereocenters. The molecule has 8 nitrogen and oxygen atoms in total. The number of benzene rings is 2. The maximum atomic E-state index is 12.4. The van der Waals surface area contributed by atoms with Crippen LogP contribution in [0.1, 0.15) is 11.3 Å². The number of aromatic amines is 1. The highest BCUT2D eigenvalue weighted by Crippen LogP contribution is 2.36. The van der Waals surface area contributed by atoms with Crippen molar-refractivity contribution >= 4 is 23.2 Å². The van der Waals surface area contributed by atoms with Crippen LogP contribution in [0, 0.1) is 0 Å². The van der Waals surface area contributed by atoms with Gasteiger partial charge in [0.25, 0.3) is 5.56 Å². The summed E-state index contributed by atoms with van der Waals surface area (Å²) in [6.07, 6.45) is 0.352. The van der Waals surface area contributed by atoms with Crippen LogP contribution in [0.15, 0.2) is 41.2 Å². The van der Waals surface area contributed by atoms with Crippen molar-refractivity contribution < 1.29 is 14.2 Å². The minimum atomic E-state index is -0.340. The fourth-order valence-corrected chi connectivity index (χ4v) is 2.79. The van der Waals surface area contributed by atoms with Crippen LogP contribution in [0.2, 0.25) is 5.02 Å². The summed E-state index contributed by atoms with van der Waals surface area (Å²) in [6.45, 7) is 0. The molecule has 28 heavy (non-hydrogen) atoms. The Morgan fingerprint density at radius 1 is 1.00 bits per heavy atom. The molecule has 3 rings (SSSR count). The predicted molar refractivity (Wildman–Crippen MR) is 106 cm³/mol. The highest BCUT2D eigenvalue weighted by molar-refractivity contribution is 6.32. The molecule has 0 saturated carbocycles. The van der Waals surface area contributed by atoms with Crippen molar-refractivity contribution in [2.24, 2.45) is 0 Å². The first-order chi connectivity index (χ1) is 13.5. The van der Waals surface area contributed by atoms with Crippen molar-refractivity contribution in [3.63, 3.8) is 0 Å². The zero-order chi connectivity index (χ0) is 20.1. The van der Waals surface area contributed by atoms with Gasteiger partial charge in [-0.2, -0.15) is 0 Å². The van der Waals surface area contributed by atoms with Crippen LogP contribution in [0.4, 0.5) is 11.6 Å². The highest BCUT2D eigenvalue weighted by Gasteiger charge is 2.12. The molecule has 3 aromatic rings. The number of halogens is 1. The smallest absolute Gasteiger partial charge is 0.274 e. The minimum Gasteiger partial charge on any atom is -0.497 e. The zero-order valence-electron chi connectivity index (χ0n) is 15.6. The van der Waals surface area contributed by atoms with Crippen LogP contribution in [0.3, 0.4) is 0 Å². The quantitative estimate of drug-likeness (QED) is 0.626. The Bertz CT molecular complexity index is 1020. The maximum Gasteiger partial charge on any atom is 0.274 e. The van der Waals surface area contributed by atoms with Crippen molar-refractivity contribution in [3.8, 4) is 17.2 Å². The average molecular weight is 403 g/mol. The Morgan fingerprint density at radius 2 is 1.71 bits per heavy atom. The Morgan fingerprint density at radius 3 is 2.32 bits per heavy atom. The molecule has 0 radical (unpaired) electrons. The van der Waals surface area contributed by atoms with E-state index in [1.807, 2.05) is 24.3 Å². The molecule has 0 fully saturated rings. The van der Waals surface area contributed by atoms with E-state index >= 15 is 0 Å². The predicted octanol–water partition coefficient (Wildman–Crippen LogP) is 3.18. The van der Waals surface area contributed by atoms with Gasteiger partial charge in [0.1, 0.15) is 22.9 Å². The first-order valence-electron chi connectivity index (χ1n) is 8.31. The number of rotatable bonds is 7. The van der Waals surface area contributed by atoms with Crippen molar-refractivity contribution in [1.82, 2.24) is 15.2 Å². The topological polar surface area (TPSA) is 98.4 Å². The lowest BCUT2D eigenvalue weighted by molar-refractivity contribution is 0.405. The van der Waals surface area contributed by atoms with Gasteiger partial charge in [0.05, 0.1) is 32.0 Å². The van der Waals surface area contributed by atoms with Gasteiger partial charge in [-0.3, -0.25) is 9.78 Å². The van der Waals surface area contributed by atoms with Crippen LogP contribution in [0.5, 0.6) is 17.2 Å². The molecule has 9 heteroatoms. The number of hydrogen-bond acceptors (Lipinski definition) is 7. The monoisotopic (exact) mass is 402 g/mol. The van der Waals surface area contributed by atoms with Gasteiger partial charge in [-0.1, -0.05) is 23.7 Å². The molecular formula is C19H19ClN4O4. The van der Waals surface area contributed by atoms with Crippen molar-refractivity contribution in [2.75, 3.05) is 26.6 Å². The largest absolute Gasteiger partial charge is 0.497 e. The number of anilines is 2. The molecule has 1 heterocycles. The lowest BCUT2D eigenvalue weighted by atomic mass is 10.1. The number of hydrogen-bond donors (Lipinski definition) is 2. The summed E-state index contributed by atoms with van der Waals surface area (Å²) in [5.74, 6) is 1.84. The zero-order valence-corrected chi connectivity index (χ0v) is 16.3. The maximum absolute atomic E-state index is 12.4. The van der Waals surface area contributed by atoms with E-state index < -0.39 is 0 Å². The van der Waals surface area contributed by atoms with Crippen molar-refractivity contribution in [1.29, 1.82) is 0 Å². The molecule has 0 aliphatic heterocycles. The molecule has 0 spiro atoms.